The average molecular weight is 264 g/mol. The zero-order chi connectivity index (χ0) is 13.8. The van der Waals surface area contributed by atoms with Crippen LogP contribution in [0.15, 0.2) is 12.1 Å². The Kier molecular flexibility index (Phi) is 4.37. The van der Waals surface area contributed by atoms with Crippen LogP contribution in [0.5, 0.6) is 0 Å². The number of aryl methyl sites for hydroxylation is 1. The highest BCUT2D eigenvalue weighted by Gasteiger charge is 2.29. The second kappa shape index (κ2) is 6.02. The van der Waals surface area contributed by atoms with E-state index in [0.717, 1.165) is 31.4 Å². The number of aromatic nitrogens is 1. The lowest BCUT2D eigenvalue weighted by Gasteiger charge is -2.35. The van der Waals surface area contributed by atoms with Crippen molar-refractivity contribution in [3.05, 3.63) is 23.4 Å². The third kappa shape index (κ3) is 3.44. The van der Waals surface area contributed by atoms with Crippen LogP contribution in [-0.2, 0) is 11.2 Å². The van der Waals surface area contributed by atoms with Crippen LogP contribution in [0.4, 0.5) is 5.82 Å². The van der Waals surface area contributed by atoms with Crippen molar-refractivity contribution in [3.63, 3.8) is 0 Å². The van der Waals surface area contributed by atoms with Crippen molar-refractivity contribution < 1.29 is 14.6 Å². The van der Waals surface area contributed by atoms with Crippen LogP contribution >= 0.6 is 0 Å². The molecule has 19 heavy (non-hydrogen) atoms. The molecule has 0 amide bonds. The van der Waals surface area contributed by atoms with Gasteiger partial charge in [-0.3, -0.25) is 0 Å². The summed E-state index contributed by atoms with van der Waals surface area (Å²) in [5.41, 5.74) is 1.12. The minimum absolute atomic E-state index is 0.295. The molecule has 0 saturated heterocycles. The Bertz CT molecular complexity index is 456. The number of hydrogen-bond donors (Lipinski definition) is 2. The van der Waals surface area contributed by atoms with E-state index in [1.54, 1.807) is 19.2 Å². The molecule has 1 aliphatic carbocycles. The molecule has 0 aromatic carbocycles. The lowest BCUT2D eigenvalue weighted by molar-refractivity contribution is 0.0327. The van der Waals surface area contributed by atoms with E-state index >= 15 is 0 Å². The van der Waals surface area contributed by atoms with Gasteiger partial charge in [0, 0.05) is 18.8 Å². The number of carboxylic acids is 1. The third-order valence-electron chi connectivity index (χ3n) is 3.41. The van der Waals surface area contributed by atoms with Crippen molar-refractivity contribution in [3.8, 4) is 0 Å². The molecule has 5 heteroatoms. The number of carbonyl (C=O) groups is 1. The fourth-order valence-corrected chi connectivity index (χ4v) is 2.25. The number of anilines is 1. The van der Waals surface area contributed by atoms with E-state index in [0.29, 0.717) is 23.5 Å². The normalized spacial score (nSPS) is 21.8. The van der Waals surface area contributed by atoms with Crippen LogP contribution in [0.2, 0.25) is 0 Å². The van der Waals surface area contributed by atoms with Gasteiger partial charge in [0.05, 0.1) is 11.7 Å². The maximum Gasteiger partial charge on any atom is 0.335 e. The van der Waals surface area contributed by atoms with Crippen molar-refractivity contribution in [2.24, 2.45) is 0 Å². The maximum atomic E-state index is 11.1. The smallest absolute Gasteiger partial charge is 0.335 e. The number of aromatic carboxylic acids is 1. The first-order chi connectivity index (χ1) is 9.12. The average Bonchev–Trinajstić information content (AvgIpc) is 2.33. The van der Waals surface area contributed by atoms with Crippen molar-refractivity contribution in [1.29, 1.82) is 0 Å². The molecule has 1 aromatic rings. The van der Waals surface area contributed by atoms with E-state index in [4.69, 9.17) is 9.84 Å². The molecule has 0 spiro atoms. The van der Waals surface area contributed by atoms with Crippen LogP contribution < -0.4 is 5.32 Å². The van der Waals surface area contributed by atoms with E-state index in [1.807, 2.05) is 0 Å². The summed E-state index contributed by atoms with van der Waals surface area (Å²) in [5.74, 6) is -0.255. The van der Waals surface area contributed by atoms with Gasteiger partial charge in [-0.2, -0.15) is 0 Å². The van der Waals surface area contributed by atoms with Crippen LogP contribution in [0.1, 0.15) is 42.2 Å². The molecule has 104 valence electrons. The first-order valence-electron chi connectivity index (χ1n) is 6.66. The molecule has 1 fully saturated rings. The summed E-state index contributed by atoms with van der Waals surface area (Å²) in [5, 5.41) is 12.4. The molecule has 0 unspecified atom stereocenters. The van der Waals surface area contributed by atoms with E-state index in [2.05, 4.69) is 17.2 Å². The lowest BCUT2D eigenvalue weighted by atomic mass is 9.89. The predicted octanol–water partition coefficient (Wildman–Crippen LogP) is 2.32. The highest BCUT2D eigenvalue weighted by Crippen LogP contribution is 2.26. The van der Waals surface area contributed by atoms with E-state index < -0.39 is 5.97 Å². The van der Waals surface area contributed by atoms with Gasteiger partial charge in [0.15, 0.2) is 0 Å². The van der Waals surface area contributed by atoms with Gasteiger partial charge in [0.1, 0.15) is 5.82 Å². The van der Waals surface area contributed by atoms with E-state index in [1.165, 1.54) is 0 Å². The van der Waals surface area contributed by atoms with Gasteiger partial charge in [-0.1, -0.05) is 13.3 Å². The zero-order valence-electron chi connectivity index (χ0n) is 11.3. The SMILES string of the molecule is CCCc1cc(C(=O)O)cc(NC2CC(OC)C2)n1. The molecule has 5 nitrogen and oxygen atoms in total. The van der Waals surface area contributed by atoms with E-state index in [9.17, 15) is 4.79 Å². The summed E-state index contributed by atoms with van der Waals surface area (Å²) in [6, 6.07) is 3.58. The number of pyridine rings is 1. The number of carboxylic acid groups (broad SMARTS) is 1. The summed E-state index contributed by atoms with van der Waals surface area (Å²) in [6.07, 6.45) is 3.94. The number of ether oxygens (including phenoxy) is 1. The molecular formula is C14H20N2O3. The highest BCUT2D eigenvalue weighted by atomic mass is 16.5. The molecule has 1 heterocycles. The summed E-state index contributed by atoms with van der Waals surface area (Å²) in [6.45, 7) is 2.05. The minimum Gasteiger partial charge on any atom is -0.478 e. The fraction of sp³-hybridized carbons (Fsp3) is 0.571. The van der Waals surface area contributed by atoms with Gasteiger partial charge in [-0.05, 0) is 31.4 Å². The van der Waals surface area contributed by atoms with Crippen molar-refractivity contribution in [2.45, 2.75) is 44.8 Å². The monoisotopic (exact) mass is 264 g/mol. The first kappa shape index (κ1) is 13.8. The zero-order valence-corrected chi connectivity index (χ0v) is 11.3. The minimum atomic E-state index is -0.911. The van der Waals surface area contributed by atoms with Gasteiger partial charge < -0.3 is 15.2 Å². The Morgan fingerprint density at radius 3 is 2.84 bits per heavy atom. The molecule has 0 radical (unpaired) electrons. The van der Waals surface area contributed by atoms with Crippen LogP contribution in [0, 0.1) is 0 Å². The highest BCUT2D eigenvalue weighted by molar-refractivity contribution is 5.88. The summed E-state index contributed by atoms with van der Waals surface area (Å²) >= 11 is 0. The summed E-state index contributed by atoms with van der Waals surface area (Å²) in [4.78, 5) is 15.6. The molecule has 1 aromatic heterocycles. The maximum absolute atomic E-state index is 11.1. The molecular weight excluding hydrogens is 244 g/mol. The summed E-state index contributed by atoms with van der Waals surface area (Å²) < 4.78 is 5.22. The Morgan fingerprint density at radius 2 is 2.26 bits per heavy atom. The lowest BCUT2D eigenvalue weighted by Crippen LogP contribution is -2.40. The molecule has 0 bridgehead atoms. The Hall–Kier alpha value is -1.62. The van der Waals surface area contributed by atoms with Gasteiger partial charge in [0.2, 0.25) is 0 Å². The molecule has 0 atom stereocenters. The van der Waals surface area contributed by atoms with Gasteiger partial charge in [0.25, 0.3) is 0 Å². The number of methoxy groups -OCH3 is 1. The molecule has 2 N–H and O–H groups in total. The second-order valence-electron chi connectivity index (χ2n) is 4.96. The topological polar surface area (TPSA) is 71.5 Å². The molecule has 1 saturated carbocycles. The largest absolute Gasteiger partial charge is 0.478 e. The molecule has 2 rings (SSSR count). The predicted molar refractivity (Wildman–Crippen MR) is 72.6 cm³/mol. The summed E-state index contributed by atoms with van der Waals surface area (Å²) in [7, 11) is 1.71. The van der Waals surface area contributed by atoms with Gasteiger partial charge in [-0.25, -0.2) is 9.78 Å². The van der Waals surface area contributed by atoms with E-state index in [-0.39, 0.29) is 0 Å². The Balaban J connectivity index is 2.08. The molecule has 1 aliphatic rings. The van der Waals surface area contributed by atoms with Crippen molar-refractivity contribution in [1.82, 2.24) is 4.98 Å². The van der Waals surface area contributed by atoms with Gasteiger partial charge >= 0.3 is 5.97 Å². The second-order valence-corrected chi connectivity index (χ2v) is 4.96. The Morgan fingerprint density at radius 1 is 1.53 bits per heavy atom. The quantitative estimate of drug-likeness (QED) is 0.825. The number of rotatable bonds is 6. The van der Waals surface area contributed by atoms with Crippen molar-refractivity contribution in [2.75, 3.05) is 12.4 Å². The van der Waals surface area contributed by atoms with Gasteiger partial charge in [-0.15, -0.1) is 0 Å². The standard InChI is InChI=1S/C14H20N2O3/c1-3-4-10-5-9(14(17)18)6-13(15-10)16-11-7-12(8-11)19-2/h5-6,11-12H,3-4,7-8H2,1-2H3,(H,15,16)(H,17,18). The number of nitrogens with one attached hydrogen (secondary N) is 1. The number of nitrogens with zero attached hydrogens (tertiary/aromatic N) is 1. The van der Waals surface area contributed by atoms with Crippen molar-refractivity contribution >= 4 is 11.8 Å². The van der Waals surface area contributed by atoms with Crippen LogP contribution in [0.3, 0.4) is 0 Å². The number of hydrogen-bond acceptors (Lipinski definition) is 4. The fourth-order valence-electron chi connectivity index (χ4n) is 2.25. The molecule has 0 aliphatic heterocycles. The first-order valence-corrected chi connectivity index (χ1v) is 6.66. The van der Waals surface area contributed by atoms with Crippen LogP contribution in [0.25, 0.3) is 0 Å². The third-order valence-corrected chi connectivity index (χ3v) is 3.41. The Labute approximate surface area is 113 Å². The van der Waals surface area contributed by atoms with Crippen LogP contribution in [-0.4, -0.2) is 35.3 Å².